The molecule has 2 aliphatic rings. The van der Waals surface area contributed by atoms with E-state index in [9.17, 15) is 24.0 Å². The highest BCUT2D eigenvalue weighted by molar-refractivity contribution is 5.99. The van der Waals surface area contributed by atoms with Crippen LogP contribution in [-0.2, 0) is 41.6 Å². The predicted octanol–water partition coefficient (Wildman–Crippen LogP) is 5.39. The van der Waals surface area contributed by atoms with Crippen LogP contribution in [0.25, 0.3) is 0 Å². The maximum absolute atomic E-state index is 14.2. The number of Topliss-reactive ketones (excluding diaryl/α,β-unsaturated/α-hetero) is 1. The standard InChI is InChI=1S/C45H67N5O6/c1-32(2)28-37(41(52)45(4)31-56-45)47-43(54)39(30-35-22-16-13-17-23-35)50-33(3)29-38(44(50)55)48-42(53)36(26-25-34-20-14-12-15-21-34)46-40(51)24-18-10-8-7-9-11-19-27-49(5)6/h12-17,20-23,32-33,36-39H,7-11,18-19,24-31H2,1-6H3,(H,46,51)(H,47,54)(H,48,53)/t33?,36-,37?,38?,39-,45?/m0/s1. The first-order valence-electron chi connectivity index (χ1n) is 20.9. The molecular weight excluding hydrogens is 707 g/mol. The highest BCUT2D eigenvalue weighted by Crippen LogP contribution is 2.30. The normalized spacial score (nSPS) is 20.8. The van der Waals surface area contributed by atoms with E-state index in [-0.39, 0.29) is 36.0 Å². The molecule has 2 aromatic rings. The highest BCUT2D eigenvalue weighted by atomic mass is 16.6. The molecule has 11 nitrogen and oxygen atoms in total. The Labute approximate surface area is 335 Å². The molecule has 4 unspecified atom stereocenters. The molecule has 4 amide bonds. The Morgan fingerprint density at radius 2 is 1.43 bits per heavy atom. The average Bonchev–Trinajstić information content (AvgIpc) is 3.86. The van der Waals surface area contributed by atoms with Gasteiger partial charge in [0.1, 0.15) is 23.7 Å². The Bertz CT molecular complexity index is 1560. The van der Waals surface area contributed by atoms with Crippen molar-refractivity contribution in [3.05, 3.63) is 71.8 Å². The van der Waals surface area contributed by atoms with Crippen LogP contribution in [0.5, 0.6) is 0 Å². The van der Waals surface area contributed by atoms with E-state index in [0.29, 0.717) is 38.7 Å². The Hall–Kier alpha value is -4.09. The molecule has 2 aliphatic heterocycles. The minimum atomic E-state index is -0.913. The highest BCUT2D eigenvalue weighted by Gasteiger charge is 2.51. The number of epoxide rings is 1. The molecule has 11 heteroatoms. The van der Waals surface area contributed by atoms with Crippen molar-refractivity contribution in [2.75, 3.05) is 27.2 Å². The number of aryl methyl sites for hydroxylation is 1. The third-order valence-electron chi connectivity index (χ3n) is 11.0. The van der Waals surface area contributed by atoms with Gasteiger partial charge in [0, 0.05) is 18.9 Å². The Morgan fingerprint density at radius 1 is 0.839 bits per heavy atom. The van der Waals surface area contributed by atoms with Gasteiger partial charge in [-0.15, -0.1) is 0 Å². The molecule has 308 valence electrons. The van der Waals surface area contributed by atoms with Crippen LogP contribution < -0.4 is 16.0 Å². The maximum atomic E-state index is 14.2. The van der Waals surface area contributed by atoms with E-state index >= 15 is 0 Å². The number of ketones is 1. The zero-order chi connectivity index (χ0) is 40.7. The van der Waals surface area contributed by atoms with Crippen molar-refractivity contribution >= 4 is 29.4 Å². The lowest BCUT2D eigenvalue weighted by molar-refractivity contribution is -0.142. The van der Waals surface area contributed by atoms with Gasteiger partial charge in [0.05, 0.1) is 12.6 Å². The van der Waals surface area contributed by atoms with E-state index in [1.807, 2.05) is 81.4 Å². The largest absolute Gasteiger partial charge is 0.361 e. The molecule has 2 saturated heterocycles. The Kier molecular flexibility index (Phi) is 17.5. The van der Waals surface area contributed by atoms with E-state index in [2.05, 4.69) is 34.9 Å². The molecule has 2 heterocycles. The zero-order valence-electron chi connectivity index (χ0n) is 34.7. The number of carbonyl (C=O) groups is 5. The molecule has 0 radical (unpaired) electrons. The van der Waals surface area contributed by atoms with Crippen LogP contribution in [0.2, 0.25) is 0 Å². The van der Waals surface area contributed by atoms with Crippen LogP contribution in [0, 0.1) is 5.92 Å². The molecule has 56 heavy (non-hydrogen) atoms. The minimum Gasteiger partial charge on any atom is -0.361 e. The quantitative estimate of drug-likeness (QED) is 0.0909. The average molecular weight is 774 g/mol. The van der Waals surface area contributed by atoms with Crippen molar-refractivity contribution in [3.8, 4) is 0 Å². The van der Waals surface area contributed by atoms with Crippen LogP contribution in [0.15, 0.2) is 60.7 Å². The molecule has 6 atom stereocenters. The number of rotatable bonds is 25. The van der Waals surface area contributed by atoms with Gasteiger partial charge in [0.15, 0.2) is 5.78 Å². The van der Waals surface area contributed by atoms with Gasteiger partial charge in [-0.25, -0.2) is 0 Å². The maximum Gasteiger partial charge on any atom is 0.246 e. The summed E-state index contributed by atoms with van der Waals surface area (Å²) in [7, 11) is 4.19. The lowest BCUT2D eigenvalue weighted by Crippen LogP contribution is -2.57. The van der Waals surface area contributed by atoms with Crippen LogP contribution in [-0.4, -0.2) is 102 Å². The number of carbonyl (C=O) groups excluding carboxylic acids is 5. The number of ether oxygens (including phenoxy) is 1. The summed E-state index contributed by atoms with van der Waals surface area (Å²) in [6.07, 6.45) is 9.84. The van der Waals surface area contributed by atoms with Gasteiger partial charge < -0.3 is 30.5 Å². The number of hydrogen-bond acceptors (Lipinski definition) is 7. The second kappa shape index (κ2) is 22.0. The fourth-order valence-corrected chi connectivity index (χ4v) is 7.64. The number of unbranched alkanes of at least 4 members (excludes halogenated alkanes) is 6. The van der Waals surface area contributed by atoms with Crippen molar-refractivity contribution in [1.82, 2.24) is 25.8 Å². The number of likely N-dealkylation sites (tertiary alicyclic amines) is 1. The predicted molar refractivity (Wildman–Crippen MR) is 220 cm³/mol. The molecule has 0 aromatic heterocycles. The zero-order valence-corrected chi connectivity index (χ0v) is 34.7. The summed E-state index contributed by atoms with van der Waals surface area (Å²) >= 11 is 0. The van der Waals surface area contributed by atoms with Gasteiger partial charge in [-0.3, -0.25) is 24.0 Å². The van der Waals surface area contributed by atoms with Crippen LogP contribution in [0.4, 0.5) is 0 Å². The van der Waals surface area contributed by atoms with Gasteiger partial charge in [-0.05, 0) is 90.1 Å². The topological polar surface area (TPSA) is 140 Å². The van der Waals surface area contributed by atoms with Crippen molar-refractivity contribution in [2.45, 2.75) is 147 Å². The Morgan fingerprint density at radius 3 is 2.02 bits per heavy atom. The van der Waals surface area contributed by atoms with E-state index in [1.165, 1.54) is 19.3 Å². The lowest BCUT2D eigenvalue weighted by Gasteiger charge is -2.33. The third-order valence-corrected chi connectivity index (χ3v) is 11.0. The van der Waals surface area contributed by atoms with Gasteiger partial charge in [0.2, 0.25) is 23.6 Å². The van der Waals surface area contributed by atoms with Gasteiger partial charge in [-0.2, -0.15) is 0 Å². The van der Waals surface area contributed by atoms with Crippen molar-refractivity contribution in [2.24, 2.45) is 5.92 Å². The van der Waals surface area contributed by atoms with Gasteiger partial charge in [0.25, 0.3) is 0 Å². The van der Waals surface area contributed by atoms with E-state index < -0.39 is 41.6 Å². The molecule has 4 rings (SSSR count). The molecule has 0 saturated carbocycles. The van der Waals surface area contributed by atoms with Crippen molar-refractivity contribution in [3.63, 3.8) is 0 Å². The number of benzene rings is 2. The molecule has 0 spiro atoms. The van der Waals surface area contributed by atoms with Crippen molar-refractivity contribution in [1.29, 1.82) is 0 Å². The summed E-state index contributed by atoms with van der Waals surface area (Å²) in [5.74, 6) is -1.40. The molecule has 2 fully saturated rings. The summed E-state index contributed by atoms with van der Waals surface area (Å²) in [5, 5.41) is 8.94. The number of hydrogen-bond donors (Lipinski definition) is 3. The lowest BCUT2D eigenvalue weighted by atomic mass is 9.92. The van der Waals surface area contributed by atoms with Gasteiger partial charge >= 0.3 is 0 Å². The molecule has 3 N–H and O–H groups in total. The fraction of sp³-hybridized carbons (Fsp3) is 0.622. The van der Waals surface area contributed by atoms with Crippen LogP contribution in [0.3, 0.4) is 0 Å². The van der Waals surface area contributed by atoms with Crippen LogP contribution in [0.1, 0.15) is 109 Å². The second-order valence-electron chi connectivity index (χ2n) is 16.8. The Balaban J connectivity index is 1.42. The first kappa shape index (κ1) is 44.6. The number of amides is 4. The number of nitrogens with one attached hydrogen (secondary N) is 3. The summed E-state index contributed by atoms with van der Waals surface area (Å²) in [5.41, 5.74) is 1.01. The van der Waals surface area contributed by atoms with E-state index in [4.69, 9.17) is 4.74 Å². The fourth-order valence-electron chi connectivity index (χ4n) is 7.64. The summed E-state index contributed by atoms with van der Waals surface area (Å²) in [4.78, 5) is 72.8. The summed E-state index contributed by atoms with van der Waals surface area (Å²) < 4.78 is 5.45. The molecular formula is C45H67N5O6. The second-order valence-corrected chi connectivity index (χ2v) is 16.8. The minimum absolute atomic E-state index is 0.134. The van der Waals surface area contributed by atoms with Crippen LogP contribution >= 0.6 is 0 Å². The molecule has 0 bridgehead atoms. The summed E-state index contributed by atoms with van der Waals surface area (Å²) in [6, 6.07) is 15.6. The first-order valence-corrected chi connectivity index (χ1v) is 20.9. The SMILES string of the molecule is CC(C)CC(NC(=O)[C@H](Cc1ccccc1)N1C(=O)C(NC(=O)[C@H](CCc2ccccc2)NC(=O)CCCCCCCCCN(C)C)CC1C)C(=O)C1(C)CO1. The van der Waals surface area contributed by atoms with E-state index in [0.717, 1.165) is 43.4 Å². The smallest absolute Gasteiger partial charge is 0.246 e. The molecule has 2 aromatic carbocycles. The van der Waals surface area contributed by atoms with E-state index in [1.54, 1.807) is 11.8 Å². The number of nitrogens with zero attached hydrogens (tertiary/aromatic N) is 2. The monoisotopic (exact) mass is 774 g/mol. The first-order chi connectivity index (χ1) is 26.8. The van der Waals surface area contributed by atoms with Crippen molar-refractivity contribution < 1.29 is 28.7 Å². The van der Waals surface area contributed by atoms with Gasteiger partial charge in [-0.1, -0.05) is 107 Å². The third kappa shape index (κ3) is 14.1. The summed E-state index contributed by atoms with van der Waals surface area (Å²) in [6.45, 7) is 9.03. The molecule has 0 aliphatic carbocycles.